The summed E-state index contributed by atoms with van der Waals surface area (Å²) < 4.78 is 0. The zero-order valence-electron chi connectivity index (χ0n) is 13.1. The highest BCUT2D eigenvalue weighted by Crippen LogP contribution is 2.03. The zero-order valence-corrected chi connectivity index (χ0v) is 13.1. The maximum Gasteiger partial charge on any atom is 0.349 e. The first-order chi connectivity index (χ1) is 11.9. The van der Waals surface area contributed by atoms with Crippen molar-refractivity contribution in [1.29, 1.82) is 0 Å². The molecule has 0 aliphatic carbocycles. The minimum absolute atomic E-state index is 0.129. The molecule has 0 fully saturated rings. The number of hydrogen-bond donors (Lipinski definition) is 4. The van der Waals surface area contributed by atoms with Crippen LogP contribution in [0.2, 0.25) is 0 Å². The summed E-state index contributed by atoms with van der Waals surface area (Å²) in [6, 6.07) is 7.29. The van der Waals surface area contributed by atoms with Crippen LogP contribution in [0.15, 0.2) is 40.7 Å². The van der Waals surface area contributed by atoms with Crippen molar-refractivity contribution < 1.29 is 19.8 Å². The molecule has 5 N–H and O–H groups in total. The molecule has 0 heterocycles. The molecule has 0 saturated heterocycles. The van der Waals surface area contributed by atoms with Gasteiger partial charge < -0.3 is 15.9 Å². The van der Waals surface area contributed by atoms with Crippen LogP contribution in [0.5, 0.6) is 0 Å². The Bertz CT molecular complexity index is 641. The number of aliphatic carboxylic acids is 2. The number of carbonyl (C=O) groups is 2. The maximum atomic E-state index is 10.8. The lowest BCUT2D eigenvalue weighted by Gasteiger charge is -2.07. The first-order valence-corrected chi connectivity index (χ1v) is 6.98. The van der Waals surface area contributed by atoms with Gasteiger partial charge in [0.15, 0.2) is 6.04 Å². The lowest BCUT2D eigenvalue weighted by Crippen LogP contribution is -2.34. The fourth-order valence-corrected chi connectivity index (χ4v) is 1.50. The van der Waals surface area contributed by atoms with Crippen molar-refractivity contribution in [3.63, 3.8) is 0 Å². The van der Waals surface area contributed by atoms with Gasteiger partial charge in [0.25, 0.3) is 0 Å². The molecule has 0 aliphatic heterocycles. The van der Waals surface area contributed by atoms with E-state index in [4.69, 9.17) is 27.0 Å². The molecule has 1 rings (SSSR count). The van der Waals surface area contributed by atoms with Gasteiger partial charge in [-0.3, -0.25) is 4.79 Å². The first-order valence-electron chi connectivity index (χ1n) is 6.98. The van der Waals surface area contributed by atoms with E-state index in [1.807, 2.05) is 30.3 Å². The van der Waals surface area contributed by atoms with Gasteiger partial charge in [0.1, 0.15) is 6.04 Å². The summed E-state index contributed by atoms with van der Waals surface area (Å²) in [5.74, 6) is -2.13. The summed E-state index contributed by atoms with van der Waals surface area (Å²) in [6.45, 7) is 0.129. The van der Waals surface area contributed by atoms with E-state index in [1.54, 1.807) is 0 Å². The van der Waals surface area contributed by atoms with Crippen molar-refractivity contribution in [2.45, 2.75) is 24.9 Å². The maximum absolute atomic E-state index is 10.8. The third-order valence-corrected chi connectivity index (χ3v) is 2.76. The Labute approximate surface area is 142 Å². The third-order valence-electron chi connectivity index (χ3n) is 2.76. The molecule has 0 amide bonds. The molecule has 12 nitrogen and oxygen atoms in total. The van der Waals surface area contributed by atoms with E-state index in [-0.39, 0.29) is 19.4 Å². The smallest absolute Gasteiger partial charge is 0.349 e. The Kier molecular flexibility index (Phi) is 11.2. The molecule has 1 aromatic carbocycles. The molecule has 2 atom stereocenters. The standard InChI is InChI=1S/C9H10N4O2.C4H8N4O2/c10-12-13-11-8(9(14)15)6-7-4-2-1-3-5-7;5-3(4(9)10)1-2-7-8-6/h1-5,8,11H,6H2,(H,14,15);3H,1-2,5H2,(H,9,10)/t8-;3-/m00/s1. The third kappa shape index (κ3) is 10.8. The van der Waals surface area contributed by atoms with Crippen molar-refractivity contribution in [1.82, 2.24) is 5.43 Å². The average molecular weight is 350 g/mol. The number of benzene rings is 1. The summed E-state index contributed by atoms with van der Waals surface area (Å²) in [4.78, 5) is 25.7. The quantitative estimate of drug-likeness (QED) is 0.224. The second kappa shape index (κ2) is 13.0. The molecule has 0 saturated carbocycles. The lowest BCUT2D eigenvalue weighted by atomic mass is 10.1. The van der Waals surface area contributed by atoms with E-state index in [1.165, 1.54) is 0 Å². The topological polar surface area (TPSA) is 210 Å². The number of rotatable bonds is 9. The first kappa shape index (κ1) is 21.5. The normalized spacial score (nSPS) is 11.4. The van der Waals surface area contributed by atoms with Gasteiger partial charge in [-0.05, 0) is 22.7 Å². The van der Waals surface area contributed by atoms with Crippen LogP contribution in [0.25, 0.3) is 20.9 Å². The monoisotopic (exact) mass is 350 g/mol. The molecule has 0 aliphatic rings. The highest BCUT2D eigenvalue weighted by Gasteiger charge is 2.19. The highest BCUT2D eigenvalue weighted by molar-refractivity contribution is 5.73. The van der Waals surface area contributed by atoms with E-state index >= 15 is 0 Å². The zero-order chi connectivity index (χ0) is 19.1. The lowest BCUT2D eigenvalue weighted by molar-refractivity contribution is -0.140. The van der Waals surface area contributed by atoms with Crippen LogP contribution in [0.1, 0.15) is 12.0 Å². The minimum Gasteiger partial charge on any atom is -0.480 e. The summed E-state index contributed by atoms with van der Waals surface area (Å²) in [7, 11) is 0. The number of nitrogens with one attached hydrogen (secondary N) is 1. The molecule has 0 bridgehead atoms. The Hall–Kier alpha value is -3.46. The number of carboxylic acids is 2. The number of azide groups is 2. The largest absolute Gasteiger partial charge is 0.480 e. The fourth-order valence-electron chi connectivity index (χ4n) is 1.50. The number of carboxylic acid groups (broad SMARTS) is 2. The van der Waals surface area contributed by atoms with Gasteiger partial charge >= 0.3 is 11.9 Å². The van der Waals surface area contributed by atoms with E-state index in [9.17, 15) is 9.59 Å². The Morgan fingerprint density at radius 2 is 1.80 bits per heavy atom. The molecule has 0 aromatic heterocycles. The van der Waals surface area contributed by atoms with Crippen molar-refractivity contribution in [3.8, 4) is 0 Å². The van der Waals surface area contributed by atoms with E-state index < -0.39 is 24.0 Å². The Balaban J connectivity index is 0.000000504. The van der Waals surface area contributed by atoms with E-state index in [0.29, 0.717) is 0 Å². The van der Waals surface area contributed by atoms with Gasteiger partial charge in [-0.25, -0.2) is 10.2 Å². The molecular formula is C13H18N8O4. The number of hydrogen-bond acceptors (Lipinski definition) is 5. The van der Waals surface area contributed by atoms with Gasteiger partial charge in [0, 0.05) is 17.9 Å². The van der Waals surface area contributed by atoms with Crippen LogP contribution in [-0.2, 0) is 16.0 Å². The second-order valence-corrected chi connectivity index (χ2v) is 4.59. The van der Waals surface area contributed by atoms with Crippen LogP contribution in [0.4, 0.5) is 0 Å². The fraction of sp³-hybridized carbons (Fsp3) is 0.385. The highest BCUT2D eigenvalue weighted by atomic mass is 16.4. The molecule has 12 heteroatoms. The van der Waals surface area contributed by atoms with Crippen LogP contribution >= 0.6 is 0 Å². The summed E-state index contributed by atoms with van der Waals surface area (Å²) in [5, 5.41) is 23.2. The molecule has 1 aromatic rings. The Morgan fingerprint density at radius 3 is 2.28 bits per heavy atom. The van der Waals surface area contributed by atoms with Crippen LogP contribution in [0, 0.1) is 0 Å². The molecule has 134 valence electrons. The summed E-state index contributed by atoms with van der Waals surface area (Å²) in [6.07, 6.45) is 0.453. The predicted octanol–water partition coefficient (Wildman–Crippen LogP) is 1.60. The van der Waals surface area contributed by atoms with Gasteiger partial charge in [0.05, 0.1) is 0 Å². The van der Waals surface area contributed by atoms with Crippen molar-refractivity contribution >= 4 is 11.9 Å². The predicted molar refractivity (Wildman–Crippen MR) is 88.1 cm³/mol. The molecule has 25 heavy (non-hydrogen) atoms. The van der Waals surface area contributed by atoms with Gasteiger partial charge in [-0.2, -0.15) is 4.91 Å². The molecular weight excluding hydrogens is 332 g/mol. The van der Waals surface area contributed by atoms with Crippen molar-refractivity contribution in [2.75, 3.05) is 6.54 Å². The van der Waals surface area contributed by atoms with Gasteiger partial charge in [-0.15, -0.1) is 5.53 Å². The SMILES string of the molecule is [N-]=[N+]=NCC[C@H](N)C(=O)O.[N-]=[N+]=NN[C@@H](Cc1ccccc1)C(=O)O. The van der Waals surface area contributed by atoms with Gasteiger partial charge in [-0.1, -0.05) is 35.4 Å². The number of nitrogens with two attached hydrogens (primary N) is 1. The van der Waals surface area contributed by atoms with Crippen LogP contribution in [-0.4, -0.2) is 40.8 Å². The minimum atomic E-state index is -1.08. The average Bonchev–Trinajstić information content (AvgIpc) is 2.59. The van der Waals surface area contributed by atoms with Crippen LogP contribution < -0.4 is 11.2 Å². The summed E-state index contributed by atoms with van der Waals surface area (Å²) in [5.41, 5.74) is 24.0. The van der Waals surface area contributed by atoms with Crippen LogP contribution in [0.3, 0.4) is 0 Å². The molecule has 0 radical (unpaired) electrons. The number of nitrogens with zero attached hydrogens (tertiary/aromatic N) is 6. The molecule has 0 spiro atoms. The summed E-state index contributed by atoms with van der Waals surface area (Å²) >= 11 is 0. The van der Waals surface area contributed by atoms with E-state index in [0.717, 1.165) is 5.56 Å². The van der Waals surface area contributed by atoms with Gasteiger partial charge in [0.2, 0.25) is 0 Å². The van der Waals surface area contributed by atoms with Crippen molar-refractivity contribution in [3.05, 3.63) is 56.8 Å². The second-order valence-electron chi connectivity index (χ2n) is 4.59. The van der Waals surface area contributed by atoms with E-state index in [2.05, 4.69) is 25.6 Å². The molecule has 0 unspecified atom stereocenters. The Morgan fingerprint density at radius 1 is 1.16 bits per heavy atom. The van der Waals surface area contributed by atoms with Crippen molar-refractivity contribution in [2.24, 2.45) is 16.1 Å².